The van der Waals surface area contributed by atoms with Crippen LogP contribution in [0.15, 0.2) is 24.3 Å². The SMILES string of the molecule is CC(C)(N)COc1ccc(C2CCCCC2)cc1.Cl. The summed E-state index contributed by atoms with van der Waals surface area (Å²) < 4.78 is 5.69. The average molecular weight is 284 g/mol. The lowest BCUT2D eigenvalue weighted by Gasteiger charge is -2.22. The Bertz CT molecular complexity index is 363. The van der Waals surface area contributed by atoms with Crippen LogP contribution in [-0.4, -0.2) is 12.1 Å². The first kappa shape index (κ1) is 16.3. The van der Waals surface area contributed by atoms with Crippen molar-refractivity contribution in [3.63, 3.8) is 0 Å². The second-order valence-corrected chi connectivity index (χ2v) is 6.18. The first-order valence-corrected chi connectivity index (χ1v) is 7.06. The standard InChI is InChI=1S/C16H25NO.ClH/c1-16(2,17)12-18-15-10-8-14(9-11-15)13-6-4-3-5-7-13;/h8-11,13H,3-7,12,17H2,1-2H3;1H. The Labute approximate surface area is 123 Å². The molecule has 2 N–H and O–H groups in total. The molecular weight excluding hydrogens is 258 g/mol. The van der Waals surface area contributed by atoms with Gasteiger partial charge in [0.05, 0.1) is 0 Å². The molecule has 1 aromatic rings. The molecule has 0 radical (unpaired) electrons. The zero-order valence-corrected chi connectivity index (χ0v) is 12.8. The highest BCUT2D eigenvalue weighted by molar-refractivity contribution is 5.85. The minimum absolute atomic E-state index is 0. The van der Waals surface area contributed by atoms with Crippen LogP contribution in [0, 0.1) is 0 Å². The first-order chi connectivity index (χ1) is 8.54. The van der Waals surface area contributed by atoms with E-state index >= 15 is 0 Å². The van der Waals surface area contributed by atoms with Gasteiger partial charge in [0.2, 0.25) is 0 Å². The smallest absolute Gasteiger partial charge is 0.119 e. The molecule has 2 nitrogen and oxygen atoms in total. The molecule has 19 heavy (non-hydrogen) atoms. The maximum atomic E-state index is 5.91. The van der Waals surface area contributed by atoms with Crippen molar-refractivity contribution in [2.24, 2.45) is 5.73 Å². The molecule has 0 aromatic heterocycles. The van der Waals surface area contributed by atoms with Gasteiger partial charge < -0.3 is 10.5 Å². The number of benzene rings is 1. The number of hydrogen-bond donors (Lipinski definition) is 1. The van der Waals surface area contributed by atoms with Gasteiger partial charge in [-0.05, 0) is 50.3 Å². The van der Waals surface area contributed by atoms with Crippen LogP contribution in [-0.2, 0) is 0 Å². The van der Waals surface area contributed by atoms with E-state index in [4.69, 9.17) is 10.5 Å². The quantitative estimate of drug-likeness (QED) is 0.895. The normalized spacial score (nSPS) is 16.8. The summed E-state index contributed by atoms with van der Waals surface area (Å²) in [5.41, 5.74) is 7.10. The van der Waals surface area contributed by atoms with Crippen molar-refractivity contribution < 1.29 is 4.74 Å². The largest absolute Gasteiger partial charge is 0.492 e. The minimum atomic E-state index is -0.276. The predicted molar refractivity (Wildman–Crippen MR) is 83.3 cm³/mol. The van der Waals surface area contributed by atoms with Crippen molar-refractivity contribution in [2.75, 3.05) is 6.61 Å². The van der Waals surface area contributed by atoms with Crippen LogP contribution in [0.25, 0.3) is 0 Å². The maximum Gasteiger partial charge on any atom is 0.119 e. The van der Waals surface area contributed by atoms with Crippen molar-refractivity contribution in [3.8, 4) is 5.75 Å². The lowest BCUT2D eigenvalue weighted by molar-refractivity contribution is 0.243. The Balaban J connectivity index is 0.00000180. The van der Waals surface area contributed by atoms with Gasteiger partial charge in [-0.25, -0.2) is 0 Å². The number of hydrogen-bond acceptors (Lipinski definition) is 2. The Morgan fingerprint density at radius 2 is 1.68 bits per heavy atom. The van der Waals surface area contributed by atoms with Gasteiger partial charge in [0.1, 0.15) is 12.4 Å². The molecule has 1 aromatic carbocycles. The molecule has 0 amide bonds. The highest BCUT2D eigenvalue weighted by Crippen LogP contribution is 2.33. The predicted octanol–water partition coefficient (Wildman–Crippen LogP) is 4.27. The van der Waals surface area contributed by atoms with E-state index in [9.17, 15) is 0 Å². The molecule has 1 aliphatic rings. The van der Waals surface area contributed by atoms with Crippen LogP contribution in [0.2, 0.25) is 0 Å². The molecule has 1 fully saturated rings. The molecule has 1 aliphatic carbocycles. The lowest BCUT2D eigenvalue weighted by atomic mass is 9.84. The van der Waals surface area contributed by atoms with E-state index in [0.717, 1.165) is 11.7 Å². The highest BCUT2D eigenvalue weighted by atomic mass is 35.5. The van der Waals surface area contributed by atoms with Gasteiger partial charge in [0.15, 0.2) is 0 Å². The van der Waals surface area contributed by atoms with Crippen molar-refractivity contribution in [3.05, 3.63) is 29.8 Å². The summed E-state index contributed by atoms with van der Waals surface area (Å²) in [5.74, 6) is 1.69. The van der Waals surface area contributed by atoms with E-state index in [1.54, 1.807) is 0 Å². The van der Waals surface area contributed by atoms with E-state index in [0.29, 0.717) is 6.61 Å². The minimum Gasteiger partial charge on any atom is -0.492 e. The van der Waals surface area contributed by atoms with Crippen LogP contribution < -0.4 is 10.5 Å². The van der Waals surface area contributed by atoms with E-state index < -0.39 is 0 Å². The number of ether oxygens (including phenoxy) is 1. The van der Waals surface area contributed by atoms with Crippen LogP contribution in [0.4, 0.5) is 0 Å². The van der Waals surface area contributed by atoms with E-state index in [-0.39, 0.29) is 17.9 Å². The van der Waals surface area contributed by atoms with Gasteiger partial charge in [-0.2, -0.15) is 0 Å². The summed E-state index contributed by atoms with van der Waals surface area (Å²) in [4.78, 5) is 0. The molecule has 108 valence electrons. The Morgan fingerprint density at radius 3 is 2.21 bits per heavy atom. The van der Waals surface area contributed by atoms with Gasteiger partial charge in [-0.1, -0.05) is 31.4 Å². The van der Waals surface area contributed by atoms with Crippen LogP contribution in [0.1, 0.15) is 57.4 Å². The van der Waals surface area contributed by atoms with Gasteiger partial charge in [-0.15, -0.1) is 12.4 Å². The second kappa shape index (κ2) is 7.16. The summed E-state index contributed by atoms with van der Waals surface area (Å²) >= 11 is 0. The molecule has 2 rings (SSSR count). The molecule has 0 atom stereocenters. The third-order valence-electron chi connectivity index (χ3n) is 3.57. The fraction of sp³-hybridized carbons (Fsp3) is 0.625. The molecule has 0 spiro atoms. The number of halogens is 1. The molecule has 3 heteroatoms. The number of nitrogens with two attached hydrogens (primary N) is 1. The fourth-order valence-electron chi connectivity index (χ4n) is 2.54. The van der Waals surface area contributed by atoms with Crippen LogP contribution >= 0.6 is 12.4 Å². The van der Waals surface area contributed by atoms with Gasteiger partial charge in [0.25, 0.3) is 0 Å². The van der Waals surface area contributed by atoms with Crippen molar-refractivity contribution in [1.82, 2.24) is 0 Å². The third-order valence-corrected chi connectivity index (χ3v) is 3.57. The van der Waals surface area contributed by atoms with E-state index in [1.807, 2.05) is 13.8 Å². The Kier molecular flexibility index (Phi) is 6.15. The molecule has 0 saturated heterocycles. The van der Waals surface area contributed by atoms with Crippen molar-refractivity contribution in [1.29, 1.82) is 0 Å². The molecule has 0 unspecified atom stereocenters. The monoisotopic (exact) mass is 283 g/mol. The van der Waals surface area contributed by atoms with Gasteiger partial charge >= 0.3 is 0 Å². The molecule has 0 heterocycles. The average Bonchev–Trinajstić information content (AvgIpc) is 2.37. The van der Waals surface area contributed by atoms with Gasteiger partial charge in [0, 0.05) is 5.54 Å². The summed E-state index contributed by atoms with van der Waals surface area (Å²) in [6.45, 7) is 4.50. The van der Waals surface area contributed by atoms with E-state index in [1.165, 1.54) is 37.7 Å². The topological polar surface area (TPSA) is 35.2 Å². The fourth-order valence-corrected chi connectivity index (χ4v) is 2.54. The summed E-state index contributed by atoms with van der Waals surface area (Å²) in [6.07, 6.45) is 6.85. The Hall–Kier alpha value is -0.730. The molecule has 1 saturated carbocycles. The van der Waals surface area contributed by atoms with Crippen LogP contribution in [0.5, 0.6) is 5.75 Å². The Morgan fingerprint density at radius 1 is 1.11 bits per heavy atom. The lowest BCUT2D eigenvalue weighted by Crippen LogP contribution is -2.38. The van der Waals surface area contributed by atoms with Crippen molar-refractivity contribution >= 4 is 12.4 Å². The highest BCUT2D eigenvalue weighted by Gasteiger charge is 2.15. The summed E-state index contributed by atoms with van der Waals surface area (Å²) in [6, 6.07) is 8.59. The second-order valence-electron chi connectivity index (χ2n) is 6.18. The number of rotatable bonds is 4. The molecule has 0 aliphatic heterocycles. The summed E-state index contributed by atoms with van der Waals surface area (Å²) in [5, 5.41) is 0. The maximum absolute atomic E-state index is 5.91. The summed E-state index contributed by atoms with van der Waals surface area (Å²) in [7, 11) is 0. The zero-order chi connectivity index (χ0) is 13.0. The van der Waals surface area contributed by atoms with Gasteiger partial charge in [-0.3, -0.25) is 0 Å². The molecular formula is C16H26ClNO. The van der Waals surface area contributed by atoms with Crippen LogP contribution in [0.3, 0.4) is 0 Å². The third kappa shape index (κ3) is 5.42. The zero-order valence-electron chi connectivity index (χ0n) is 12.0. The molecule has 0 bridgehead atoms. The first-order valence-electron chi connectivity index (χ1n) is 7.06. The van der Waals surface area contributed by atoms with Crippen molar-refractivity contribution in [2.45, 2.75) is 57.4 Å². The van der Waals surface area contributed by atoms with E-state index in [2.05, 4.69) is 24.3 Å².